The Morgan fingerprint density at radius 3 is 2.92 bits per heavy atom. The number of nitrogens with zero attached hydrogens (tertiary/aromatic N) is 1. The molecule has 4 nitrogen and oxygen atoms in total. The Kier molecular flexibility index (Phi) is 5.54. The van der Waals surface area contributed by atoms with Crippen molar-refractivity contribution in [1.82, 2.24) is 4.57 Å². The average molecular weight is 366 g/mol. The van der Waals surface area contributed by atoms with Gasteiger partial charge >= 0.3 is 0 Å². The van der Waals surface area contributed by atoms with Crippen LogP contribution in [0.3, 0.4) is 0 Å². The van der Waals surface area contributed by atoms with Crippen LogP contribution >= 0.6 is 23.4 Å². The Hall–Kier alpha value is -1.43. The van der Waals surface area contributed by atoms with Gasteiger partial charge in [-0.05, 0) is 30.4 Å². The van der Waals surface area contributed by atoms with Gasteiger partial charge in [-0.15, -0.1) is 0 Å². The molecule has 0 saturated heterocycles. The molecule has 2 aromatic rings. The standard InChI is InChI=1S/C18H20ClNO3S/c1-22-5-6-23-18-8-12-7-13(11-24-2)20-4-3-14(21)9-17(20)15(12)10-16(18)19/h3-4,8-10,13H,5-7,11H2,1-2H3. The fourth-order valence-electron chi connectivity index (χ4n) is 3.06. The number of fused-ring (bicyclic) bond motifs is 3. The number of pyridine rings is 1. The first-order chi connectivity index (χ1) is 11.6. The summed E-state index contributed by atoms with van der Waals surface area (Å²) in [5.74, 6) is 1.65. The second-order valence-electron chi connectivity index (χ2n) is 5.75. The molecule has 1 atom stereocenters. The molecule has 1 aromatic carbocycles. The second kappa shape index (κ2) is 7.64. The molecule has 0 radical (unpaired) electrons. The van der Waals surface area contributed by atoms with Gasteiger partial charge in [0, 0.05) is 42.8 Å². The Labute approximate surface area is 150 Å². The highest BCUT2D eigenvalue weighted by Crippen LogP contribution is 2.40. The highest BCUT2D eigenvalue weighted by Gasteiger charge is 2.24. The lowest BCUT2D eigenvalue weighted by atomic mass is 9.93. The van der Waals surface area contributed by atoms with Crippen LogP contribution in [0.25, 0.3) is 11.3 Å². The van der Waals surface area contributed by atoms with Crippen molar-refractivity contribution in [3.05, 3.63) is 51.3 Å². The Morgan fingerprint density at radius 1 is 1.33 bits per heavy atom. The Bertz CT molecular complexity index is 790. The SMILES string of the molecule is COCCOc1cc2c(cc1Cl)-c1cc(=O)ccn1C(CSC)C2. The van der Waals surface area contributed by atoms with E-state index in [9.17, 15) is 4.79 Å². The lowest BCUT2D eigenvalue weighted by Crippen LogP contribution is -2.23. The fourth-order valence-corrected chi connectivity index (χ4v) is 3.94. The van der Waals surface area contributed by atoms with Gasteiger partial charge < -0.3 is 14.0 Å². The van der Waals surface area contributed by atoms with Crippen molar-refractivity contribution in [1.29, 1.82) is 0 Å². The van der Waals surface area contributed by atoms with Gasteiger partial charge in [-0.2, -0.15) is 11.8 Å². The molecule has 2 heterocycles. The van der Waals surface area contributed by atoms with Gasteiger partial charge in [-0.25, -0.2) is 0 Å². The predicted octanol–water partition coefficient (Wildman–Crippen LogP) is 3.65. The molecular weight excluding hydrogens is 346 g/mol. The third-order valence-corrected chi connectivity index (χ3v) is 5.16. The summed E-state index contributed by atoms with van der Waals surface area (Å²) in [4.78, 5) is 11.9. The van der Waals surface area contributed by atoms with Gasteiger partial charge in [-0.3, -0.25) is 4.79 Å². The zero-order chi connectivity index (χ0) is 17.1. The van der Waals surface area contributed by atoms with Crippen LogP contribution in [-0.4, -0.2) is 36.9 Å². The largest absolute Gasteiger partial charge is 0.490 e. The number of rotatable bonds is 6. The Morgan fingerprint density at radius 2 is 2.17 bits per heavy atom. The van der Waals surface area contributed by atoms with Crippen molar-refractivity contribution in [3.8, 4) is 17.0 Å². The quantitative estimate of drug-likeness (QED) is 0.732. The van der Waals surface area contributed by atoms with Crippen molar-refractivity contribution in [2.45, 2.75) is 12.5 Å². The molecule has 0 amide bonds. The third kappa shape index (κ3) is 3.48. The van der Waals surface area contributed by atoms with Crippen LogP contribution in [0, 0.1) is 0 Å². The van der Waals surface area contributed by atoms with Gasteiger partial charge in [-0.1, -0.05) is 11.6 Å². The number of hydrogen-bond donors (Lipinski definition) is 0. The van der Waals surface area contributed by atoms with Crippen LogP contribution in [-0.2, 0) is 11.2 Å². The second-order valence-corrected chi connectivity index (χ2v) is 7.07. The molecule has 128 valence electrons. The van der Waals surface area contributed by atoms with Crippen LogP contribution in [0.1, 0.15) is 11.6 Å². The minimum absolute atomic E-state index is 0.00791. The lowest BCUT2D eigenvalue weighted by molar-refractivity contribution is 0.146. The summed E-state index contributed by atoms with van der Waals surface area (Å²) >= 11 is 8.19. The molecule has 0 fully saturated rings. The van der Waals surface area contributed by atoms with Crippen LogP contribution in [0.2, 0.25) is 5.02 Å². The first-order valence-corrected chi connectivity index (χ1v) is 9.57. The maximum atomic E-state index is 11.9. The van der Waals surface area contributed by atoms with E-state index < -0.39 is 0 Å². The summed E-state index contributed by atoms with van der Waals surface area (Å²) in [5.41, 5.74) is 3.10. The number of aromatic nitrogens is 1. The summed E-state index contributed by atoms with van der Waals surface area (Å²) in [7, 11) is 1.64. The van der Waals surface area contributed by atoms with Crippen LogP contribution < -0.4 is 10.2 Å². The molecule has 0 aliphatic carbocycles. The van der Waals surface area contributed by atoms with E-state index in [4.69, 9.17) is 21.1 Å². The van der Waals surface area contributed by atoms with E-state index in [0.717, 1.165) is 29.0 Å². The maximum absolute atomic E-state index is 11.9. The molecule has 1 unspecified atom stereocenters. The average Bonchev–Trinajstić information content (AvgIpc) is 2.56. The molecule has 1 aliphatic heterocycles. The number of benzene rings is 1. The number of halogens is 1. The first kappa shape index (κ1) is 17.4. The van der Waals surface area contributed by atoms with Gasteiger partial charge in [0.1, 0.15) is 12.4 Å². The zero-order valence-electron chi connectivity index (χ0n) is 13.8. The highest BCUT2D eigenvalue weighted by molar-refractivity contribution is 7.98. The molecule has 0 saturated carbocycles. The van der Waals surface area contributed by atoms with E-state index in [1.54, 1.807) is 31.0 Å². The molecular formula is C18H20ClNO3S. The fraction of sp³-hybridized carbons (Fsp3) is 0.389. The minimum Gasteiger partial charge on any atom is -0.490 e. The van der Waals surface area contributed by atoms with Crippen LogP contribution in [0.5, 0.6) is 5.75 Å². The first-order valence-electron chi connectivity index (χ1n) is 7.79. The van der Waals surface area contributed by atoms with Gasteiger partial charge in [0.15, 0.2) is 5.43 Å². The molecule has 6 heteroatoms. The summed E-state index contributed by atoms with van der Waals surface area (Å²) in [6.45, 7) is 0.972. The van der Waals surface area contributed by atoms with Gasteiger partial charge in [0.25, 0.3) is 0 Å². The van der Waals surface area contributed by atoms with Gasteiger partial charge in [0.2, 0.25) is 0 Å². The molecule has 3 rings (SSSR count). The molecule has 1 aromatic heterocycles. The molecule has 0 N–H and O–H groups in total. The van der Waals surface area contributed by atoms with E-state index in [2.05, 4.69) is 10.8 Å². The number of hydrogen-bond acceptors (Lipinski definition) is 4. The predicted molar refractivity (Wildman–Crippen MR) is 99.6 cm³/mol. The van der Waals surface area contributed by atoms with Crippen LogP contribution in [0.15, 0.2) is 35.3 Å². The Balaban J connectivity index is 2.04. The normalized spacial score (nSPS) is 15.7. The lowest BCUT2D eigenvalue weighted by Gasteiger charge is -2.30. The van der Waals surface area contributed by atoms with Crippen molar-refractivity contribution in [2.24, 2.45) is 0 Å². The smallest absolute Gasteiger partial charge is 0.182 e. The van der Waals surface area contributed by atoms with Crippen LogP contribution in [0.4, 0.5) is 0 Å². The zero-order valence-corrected chi connectivity index (χ0v) is 15.3. The number of thioether (sulfide) groups is 1. The molecule has 24 heavy (non-hydrogen) atoms. The number of methoxy groups -OCH3 is 1. The van der Waals surface area contributed by atoms with Crippen molar-refractivity contribution >= 4 is 23.4 Å². The summed E-state index contributed by atoms with van der Waals surface area (Å²) in [5, 5.41) is 0.552. The molecule has 1 aliphatic rings. The molecule has 0 spiro atoms. The minimum atomic E-state index is 0.00791. The monoisotopic (exact) mass is 365 g/mol. The van der Waals surface area contributed by atoms with E-state index >= 15 is 0 Å². The van der Waals surface area contributed by atoms with Gasteiger partial charge in [0.05, 0.1) is 17.3 Å². The third-order valence-electron chi connectivity index (χ3n) is 4.14. The van der Waals surface area contributed by atoms with Crippen molar-refractivity contribution < 1.29 is 9.47 Å². The highest BCUT2D eigenvalue weighted by atomic mass is 35.5. The van der Waals surface area contributed by atoms with E-state index in [-0.39, 0.29) is 5.43 Å². The summed E-state index contributed by atoms with van der Waals surface area (Å²) in [6, 6.07) is 7.52. The maximum Gasteiger partial charge on any atom is 0.182 e. The van der Waals surface area contributed by atoms with Crippen molar-refractivity contribution in [3.63, 3.8) is 0 Å². The molecule has 0 bridgehead atoms. The topological polar surface area (TPSA) is 40.5 Å². The van der Waals surface area contributed by atoms with E-state index in [1.165, 1.54) is 0 Å². The summed E-state index contributed by atoms with van der Waals surface area (Å²) in [6.07, 6.45) is 4.88. The summed E-state index contributed by atoms with van der Waals surface area (Å²) < 4.78 is 12.9. The van der Waals surface area contributed by atoms with Crippen molar-refractivity contribution in [2.75, 3.05) is 32.3 Å². The van der Waals surface area contributed by atoms with E-state index in [1.807, 2.05) is 18.3 Å². The van der Waals surface area contributed by atoms with E-state index in [0.29, 0.717) is 30.0 Å². The number of ether oxygens (including phenoxy) is 2.